The smallest absolute Gasteiger partial charge is 0.137 e. The van der Waals surface area contributed by atoms with Gasteiger partial charge >= 0.3 is 0 Å². The van der Waals surface area contributed by atoms with Gasteiger partial charge in [-0.2, -0.15) is 5.26 Å². The third-order valence-corrected chi connectivity index (χ3v) is 3.11. The van der Waals surface area contributed by atoms with E-state index in [1.807, 2.05) is 19.9 Å². The van der Waals surface area contributed by atoms with Gasteiger partial charge in [0.15, 0.2) is 0 Å². The molecule has 0 aliphatic heterocycles. The van der Waals surface area contributed by atoms with Crippen LogP contribution in [0.5, 0.6) is 0 Å². The molecule has 3 nitrogen and oxygen atoms in total. The van der Waals surface area contributed by atoms with Crippen LogP contribution in [0.4, 0.5) is 5.82 Å². The average Bonchev–Trinajstić information content (AvgIpc) is 2.21. The summed E-state index contributed by atoms with van der Waals surface area (Å²) in [6, 6.07) is 4.21. The number of nitrogens with zero attached hydrogens (tertiary/aromatic N) is 2. The summed E-state index contributed by atoms with van der Waals surface area (Å²) < 4.78 is 0. The quantitative estimate of drug-likeness (QED) is 0.797. The molecule has 80 valence electrons. The van der Waals surface area contributed by atoms with Gasteiger partial charge in [0.1, 0.15) is 5.82 Å². The fourth-order valence-electron chi connectivity index (χ4n) is 1.13. The lowest BCUT2D eigenvalue weighted by Gasteiger charge is -2.16. The minimum absolute atomic E-state index is 0.510. The van der Waals surface area contributed by atoms with Gasteiger partial charge in [0.05, 0.1) is 11.5 Å². The van der Waals surface area contributed by atoms with E-state index in [1.165, 1.54) is 0 Å². The third kappa shape index (κ3) is 2.63. The van der Waals surface area contributed by atoms with Gasteiger partial charge in [-0.15, -0.1) is 11.8 Å². The average molecular weight is 221 g/mol. The molecule has 0 unspecified atom stereocenters. The first-order valence-electron chi connectivity index (χ1n) is 4.81. The van der Waals surface area contributed by atoms with Crippen LogP contribution in [0, 0.1) is 11.3 Å². The Hall–Kier alpha value is -1.21. The maximum Gasteiger partial charge on any atom is 0.137 e. The lowest BCUT2D eigenvalue weighted by atomic mass is 9.88. The van der Waals surface area contributed by atoms with Crippen molar-refractivity contribution in [3.05, 3.63) is 17.8 Å². The molecule has 0 aliphatic carbocycles. The molecule has 0 aromatic carbocycles. The molecule has 0 atom stereocenters. The number of thioether (sulfide) groups is 1. The molecule has 1 aromatic rings. The summed E-state index contributed by atoms with van der Waals surface area (Å²) in [5.41, 5.74) is 6.15. The molecule has 0 saturated heterocycles. The number of rotatable bonds is 3. The molecule has 15 heavy (non-hydrogen) atoms. The monoisotopic (exact) mass is 221 g/mol. The Labute approximate surface area is 94.7 Å². The Kier molecular flexibility index (Phi) is 3.59. The second-order valence-electron chi connectivity index (χ2n) is 3.78. The van der Waals surface area contributed by atoms with Crippen LogP contribution in [0.15, 0.2) is 17.2 Å². The van der Waals surface area contributed by atoms with Crippen molar-refractivity contribution >= 4 is 17.6 Å². The van der Waals surface area contributed by atoms with Crippen LogP contribution in [0.25, 0.3) is 0 Å². The number of hydrogen-bond donors (Lipinski definition) is 1. The summed E-state index contributed by atoms with van der Waals surface area (Å²) in [7, 11) is 0. The zero-order valence-electron chi connectivity index (χ0n) is 9.24. The predicted molar refractivity (Wildman–Crippen MR) is 63.7 cm³/mol. The first-order chi connectivity index (χ1) is 7.01. The van der Waals surface area contributed by atoms with Crippen LogP contribution in [0.2, 0.25) is 0 Å². The lowest BCUT2D eigenvalue weighted by Crippen LogP contribution is -2.14. The van der Waals surface area contributed by atoms with Gasteiger partial charge in [0, 0.05) is 11.1 Å². The van der Waals surface area contributed by atoms with Crippen LogP contribution >= 0.6 is 11.8 Å². The molecule has 1 rings (SSSR count). The molecule has 0 spiro atoms. The van der Waals surface area contributed by atoms with E-state index in [2.05, 4.69) is 18.0 Å². The second kappa shape index (κ2) is 4.54. The summed E-state index contributed by atoms with van der Waals surface area (Å²) >= 11 is 1.65. The minimum Gasteiger partial charge on any atom is -0.383 e. The van der Waals surface area contributed by atoms with E-state index in [-0.39, 0.29) is 0 Å². The van der Waals surface area contributed by atoms with Crippen LogP contribution in [0.1, 0.15) is 26.3 Å². The number of nitrogens with two attached hydrogens (primary N) is 1. The highest BCUT2D eigenvalue weighted by Gasteiger charge is 2.21. The van der Waals surface area contributed by atoms with Crippen molar-refractivity contribution in [1.29, 1.82) is 5.26 Å². The van der Waals surface area contributed by atoms with E-state index in [9.17, 15) is 0 Å². The minimum atomic E-state index is -0.510. The number of nitrogen functional groups attached to an aromatic ring is 1. The Bertz CT molecular complexity index is 393. The SMILES string of the molecule is CCSc1cc(C(C)(C)C#N)cnc1N. The van der Waals surface area contributed by atoms with Gasteiger partial charge in [0.25, 0.3) is 0 Å². The molecule has 4 heteroatoms. The van der Waals surface area contributed by atoms with Gasteiger partial charge in [0.2, 0.25) is 0 Å². The van der Waals surface area contributed by atoms with E-state index < -0.39 is 5.41 Å². The highest BCUT2D eigenvalue weighted by atomic mass is 32.2. The molecule has 0 bridgehead atoms. The largest absolute Gasteiger partial charge is 0.383 e. The fourth-order valence-corrected chi connectivity index (χ4v) is 1.85. The highest BCUT2D eigenvalue weighted by Crippen LogP contribution is 2.29. The molecule has 0 radical (unpaired) electrons. The molecule has 1 aromatic heterocycles. The van der Waals surface area contributed by atoms with E-state index in [1.54, 1.807) is 18.0 Å². The van der Waals surface area contributed by atoms with Crippen molar-refractivity contribution in [3.63, 3.8) is 0 Å². The Morgan fingerprint density at radius 3 is 2.80 bits per heavy atom. The van der Waals surface area contributed by atoms with Gasteiger partial charge in [-0.05, 0) is 31.2 Å². The topological polar surface area (TPSA) is 62.7 Å². The summed E-state index contributed by atoms with van der Waals surface area (Å²) in [4.78, 5) is 5.07. The van der Waals surface area contributed by atoms with E-state index in [4.69, 9.17) is 11.0 Å². The van der Waals surface area contributed by atoms with E-state index >= 15 is 0 Å². The lowest BCUT2D eigenvalue weighted by molar-refractivity contribution is 0.680. The van der Waals surface area contributed by atoms with E-state index in [0.29, 0.717) is 5.82 Å². The predicted octanol–water partition coefficient (Wildman–Crippen LogP) is 2.58. The van der Waals surface area contributed by atoms with Crippen LogP contribution in [-0.4, -0.2) is 10.7 Å². The molecular formula is C11H15N3S. The zero-order valence-corrected chi connectivity index (χ0v) is 10.1. The highest BCUT2D eigenvalue weighted by molar-refractivity contribution is 7.99. The Morgan fingerprint density at radius 1 is 1.60 bits per heavy atom. The summed E-state index contributed by atoms with van der Waals surface area (Å²) in [6.07, 6.45) is 1.68. The van der Waals surface area contributed by atoms with Crippen molar-refractivity contribution in [1.82, 2.24) is 4.98 Å². The van der Waals surface area contributed by atoms with Crippen LogP contribution in [-0.2, 0) is 5.41 Å². The number of anilines is 1. The van der Waals surface area contributed by atoms with Gasteiger partial charge in [-0.25, -0.2) is 4.98 Å². The van der Waals surface area contributed by atoms with Crippen molar-refractivity contribution in [3.8, 4) is 6.07 Å². The summed E-state index contributed by atoms with van der Waals surface area (Å²) in [5, 5.41) is 9.02. The number of aromatic nitrogens is 1. The van der Waals surface area contributed by atoms with E-state index in [0.717, 1.165) is 16.2 Å². The van der Waals surface area contributed by atoms with Crippen molar-refractivity contribution in [2.45, 2.75) is 31.1 Å². The third-order valence-electron chi connectivity index (χ3n) is 2.18. The standard InChI is InChI=1S/C11H15N3S/c1-4-15-9-5-8(6-14-10(9)13)11(2,3)7-12/h5-6H,4H2,1-3H3,(H2,13,14). The number of nitriles is 1. The normalized spacial score (nSPS) is 11.1. The van der Waals surface area contributed by atoms with Crippen molar-refractivity contribution in [2.24, 2.45) is 0 Å². The molecule has 0 aliphatic rings. The molecule has 0 saturated carbocycles. The first-order valence-corrected chi connectivity index (χ1v) is 5.80. The molecule has 1 heterocycles. The molecule has 2 N–H and O–H groups in total. The van der Waals surface area contributed by atoms with Gasteiger partial charge in [-0.1, -0.05) is 6.92 Å². The Morgan fingerprint density at radius 2 is 2.27 bits per heavy atom. The zero-order chi connectivity index (χ0) is 11.5. The van der Waals surface area contributed by atoms with Crippen LogP contribution < -0.4 is 5.73 Å². The maximum absolute atomic E-state index is 9.02. The van der Waals surface area contributed by atoms with Gasteiger partial charge < -0.3 is 5.73 Å². The maximum atomic E-state index is 9.02. The second-order valence-corrected chi connectivity index (χ2v) is 5.08. The fraction of sp³-hybridized carbons (Fsp3) is 0.455. The molecule has 0 fully saturated rings. The number of pyridine rings is 1. The number of hydrogen-bond acceptors (Lipinski definition) is 4. The first kappa shape index (κ1) is 11.9. The van der Waals surface area contributed by atoms with Crippen LogP contribution in [0.3, 0.4) is 0 Å². The molecular weight excluding hydrogens is 206 g/mol. The summed E-state index contributed by atoms with van der Waals surface area (Å²) in [5.74, 6) is 1.49. The Balaban J connectivity index is 3.14. The van der Waals surface area contributed by atoms with Crippen molar-refractivity contribution in [2.75, 3.05) is 11.5 Å². The van der Waals surface area contributed by atoms with Gasteiger partial charge in [-0.3, -0.25) is 0 Å². The van der Waals surface area contributed by atoms with Crippen molar-refractivity contribution < 1.29 is 0 Å². The summed E-state index contributed by atoms with van der Waals surface area (Å²) in [6.45, 7) is 5.81. The molecule has 0 amide bonds.